The SMILES string of the molecule is CN(C(=O)C[C@@]1(NC(=O)OCc2ccccc2)C[C@H]1CNC(=O)OCc1ccccc1)C1CN=C(NC(N)=O)NC1=O. The van der Waals surface area contributed by atoms with E-state index in [1.54, 1.807) is 0 Å². The van der Waals surface area contributed by atoms with E-state index in [0.717, 1.165) is 11.1 Å². The number of benzene rings is 2. The van der Waals surface area contributed by atoms with Crippen LogP contribution >= 0.6 is 0 Å². The topological polar surface area (TPSA) is 194 Å². The van der Waals surface area contributed by atoms with Crippen molar-refractivity contribution in [2.24, 2.45) is 16.6 Å². The van der Waals surface area contributed by atoms with Gasteiger partial charge >= 0.3 is 18.2 Å². The predicted molar refractivity (Wildman–Crippen MR) is 150 cm³/mol. The molecule has 1 unspecified atom stereocenters. The van der Waals surface area contributed by atoms with E-state index < -0.39 is 41.6 Å². The lowest BCUT2D eigenvalue weighted by molar-refractivity contribution is -0.139. The Kier molecular flexibility index (Phi) is 9.57. The molecule has 6 amide bonds. The van der Waals surface area contributed by atoms with Crippen molar-refractivity contribution < 1.29 is 33.4 Å². The van der Waals surface area contributed by atoms with Crippen LogP contribution in [-0.2, 0) is 32.3 Å². The number of hydrogen-bond acceptors (Lipinski definition) is 8. The van der Waals surface area contributed by atoms with Gasteiger partial charge in [-0.1, -0.05) is 60.7 Å². The van der Waals surface area contributed by atoms with Gasteiger partial charge < -0.3 is 30.7 Å². The molecule has 0 aromatic heterocycles. The second-order valence-corrected chi connectivity index (χ2v) is 10.1. The Morgan fingerprint density at radius 2 is 1.60 bits per heavy atom. The molecule has 1 aliphatic heterocycles. The molecule has 0 saturated heterocycles. The van der Waals surface area contributed by atoms with Crippen LogP contribution in [0.3, 0.4) is 0 Å². The molecule has 3 atom stereocenters. The minimum atomic E-state index is -1.01. The summed E-state index contributed by atoms with van der Waals surface area (Å²) in [5.41, 5.74) is 5.67. The molecule has 0 bridgehead atoms. The summed E-state index contributed by atoms with van der Waals surface area (Å²) in [5, 5.41) is 10.1. The fourth-order valence-electron chi connectivity index (χ4n) is 4.56. The molecule has 14 heteroatoms. The zero-order chi connectivity index (χ0) is 30.1. The minimum Gasteiger partial charge on any atom is -0.445 e. The van der Waals surface area contributed by atoms with E-state index in [1.807, 2.05) is 60.7 Å². The van der Waals surface area contributed by atoms with Gasteiger partial charge in [-0.3, -0.25) is 20.2 Å². The summed E-state index contributed by atoms with van der Waals surface area (Å²) in [6.07, 6.45) is -1.12. The summed E-state index contributed by atoms with van der Waals surface area (Å²) >= 11 is 0. The number of nitrogens with one attached hydrogen (secondary N) is 4. The van der Waals surface area contributed by atoms with Crippen molar-refractivity contribution in [3.05, 3.63) is 71.8 Å². The molecule has 0 radical (unpaired) electrons. The average molecular weight is 580 g/mol. The fourth-order valence-corrected chi connectivity index (χ4v) is 4.56. The Morgan fingerprint density at radius 1 is 1.00 bits per heavy atom. The number of nitrogens with two attached hydrogens (primary N) is 1. The van der Waals surface area contributed by atoms with E-state index in [0.29, 0.717) is 6.42 Å². The summed E-state index contributed by atoms with van der Waals surface area (Å²) in [6, 6.07) is 16.5. The summed E-state index contributed by atoms with van der Waals surface area (Å²) < 4.78 is 10.6. The molecule has 4 rings (SSSR count). The van der Waals surface area contributed by atoms with Crippen molar-refractivity contribution in [1.29, 1.82) is 0 Å². The van der Waals surface area contributed by atoms with Gasteiger partial charge in [-0.05, 0) is 17.5 Å². The molecular weight excluding hydrogens is 546 g/mol. The van der Waals surface area contributed by atoms with E-state index in [-0.39, 0.29) is 44.6 Å². The van der Waals surface area contributed by atoms with E-state index in [2.05, 4.69) is 26.3 Å². The van der Waals surface area contributed by atoms with Crippen molar-refractivity contribution in [2.45, 2.75) is 37.6 Å². The van der Waals surface area contributed by atoms with Gasteiger partial charge in [0, 0.05) is 19.5 Å². The maximum absolute atomic E-state index is 13.3. The summed E-state index contributed by atoms with van der Waals surface area (Å²) in [5.74, 6) is -1.39. The summed E-state index contributed by atoms with van der Waals surface area (Å²) in [6.45, 7) is 0.174. The van der Waals surface area contributed by atoms with E-state index in [4.69, 9.17) is 15.2 Å². The standard InChI is InChI=1S/C28H33N7O7/c1-35(21-15-30-25(32-23(21)37)33-24(29)38)22(36)13-28(34-27(40)42-17-19-10-6-3-7-11-19)12-20(28)14-31-26(39)41-16-18-8-4-2-5-9-18/h2-11,20-21H,12-17H2,1H3,(H,31,39)(H,34,40)(H4,29,30,32,33,37,38)/t20-,21?,28-/m0/s1. The van der Waals surface area contributed by atoms with Crippen LogP contribution in [0, 0.1) is 5.92 Å². The average Bonchev–Trinajstić information content (AvgIpc) is 3.65. The van der Waals surface area contributed by atoms with Crippen LogP contribution in [0.25, 0.3) is 0 Å². The number of carbonyl (C=O) groups is 5. The largest absolute Gasteiger partial charge is 0.445 e. The Morgan fingerprint density at radius 3 is 2.17 bits per heavy atom. The van der Waals surface area contributed by atoms with Crippen LogP contribution in [0.15, 0.2) is 65.7 Å². The number of primary amides is 1. The maximum atomic E-state index is 13.3. The lowest BCUT2D eigenvalue weighted by Gasteiger charge is -2.30. The molecule has 14 nitrogen and oxygen atoms in total. The monoisotopic (exact) mass is 579 g/mol. The van der Waals surface area contributed by atoms with Crippen LogP contribution in [0.2, 0.25) is 0 Å². The second-order valence-electron chi connectivity index (χ2n) is 10.1. The molecule has 1 heterocycles. The fraction of sp³-hybridized carbons (Fsp3) is 0.357. The molecule has 6 N–H and O–H groups in total. The third-order valence-corrected chi connectivity index (χ3v) is 7.04. The third-order valence-electron chi connectivity index (χ3n) is 7.04. The number of alkyl carbamates (subject to hydrolysis) is 2. The number of hydrogen-bond donors (Lipinski definition) is 5. The molecule has 42 heavy (non-hydrogen) atoms. The van der Waals surface area contributed by atoms with Crippen molar-refractivity contribution >= 4 is 36.0 Å². The summed E-state index contributed by atoms with van der Waals surface area (Å²) in [4.78, 5) is 67.3. The number of amides is 6. The maximum Gasteiger partial charge on any atom is 0.407 e. The number of nitrogens with zero attached hydrogens (tertiary/aromatic N) is 2. The zero-order valence-corrected chi connectivity index (χ0v) is 23.0. The third kappa shape index (κ3) is 8.19. The smallest absolute Gasteiger partial charge is 0.407 e. The highest BCUT2D eigenvalue weighted by molar-refractivity contribution is 6.07. The first kappa shape index (κ1) is 29.8. The van der Waals surface area contributed by atoms with E-state index >= 15 is 0 Å². The minimum absolute atomic E-state index is 0.0350. The van der Waals surface area contributed by atoms with Gasteiger partial charge in [0.05, 0.1) is 18.5 Å². The summed E-state index contributed by atoms with van der Waals surface area (Å²) in [7, 11) is 1.45. The molecular formula is C28H33N7O7. The van der Waals surface area contributed by atoms with E-state index in [1.165, 1.54) is 11.9 Å². The number of rotatable bonds is 10. The van der Waals surface area contributed by atoms with Crippen LogP contribution in [-0.4, -0.2) is 72.6 Å². The molecule has 0 spiro atoms. The second kappa shape index (κ2) is 13.5. The molecule has 1 fully saturated rings. The molecule has 1 aliphatic carbocycles. The Hall–Kier alpha value is -5.14. The molecule has 1 saturated carbocycles. The van der Waals surface area contributed by atoms with Gasteiger partial charge in [-0.15, -0.1) is 0 Å². The van der Waals surface area contributed by atoms with E-state index in [9.17, 15) is 24.0 Å². The Balaban J connectivity index is 1.36. The first-order valence-corrected chi connectivity index (χ1v) is 13.3. The Bertz CT molecular complexity index is 1340. The van der Waals surface area contributed by atoms with Gasteiger partial charge in [-0.25, -0.2) is 19.4 Å². The zero-order valence-electron chi connectivity index (χ0n) is 23.0. The van der Waals surface area contributed by atoms with Crippen molar-refractivity contribution in [3.8, 4) is 0 Å². The van der Waals surface area contributed by atoms with Gasteiger partial charge in [0.2, 0.25) is 11.9 Å². The quantitative estimate of drug-likeness (QED) is 0.277. The highest BCUT2D eigenvalue weighted by Crippen LogP contribution is 2.46. The van der Waals surface area contributed by atoms with Crippen molar-refractivity contribution in [3.63, 3.8) is 0 Å². The van der Waals surface area contributed by atoms with Crippen LogP contribution in [0.1, 0.15) is 24.0 Å². The first-order valence-electron chi connectivity index (χ1n) is 13.3. The van der Waals surface area contributed by atoms with Crippen LogP contribution in [0.4, 0.5) is 14.4 Å². The normalized spacial score (nSPS) is 20.7. The predicted octanol–water partition coefficient (Wildman–Crippen LogP) is 0.969. The van der Waals surface area contributed by atoms with Gasteiger partial charge in [0.25, 0.3) is 5.91 Å². The van der Waals surface area contributed by atoms with Crippen LogP contribution in [0.5, 0.6) is 0 Å². The molecule has 2 aromatic carbocycles. The van der Waals surface area contributed by atoms with Crippen molar-refractivity contribution in [1.82, 2.24) is 26.2 Å². The number of urea groups is 1. The Labute approximate surface area is 242 Å². The highest BCUT2D eigenvalue weighted by Gasteiger charge is 2.57. The van der Waals surface area contributed by atoms with Crippen molar-refractivity contribution in [2.75, 3.05) is 20.1 Å². The molecule has 2 aromatic rings. The highest BCUT2D eigenvalue weighted by atomic mass is 16.6. The molecule has 222 valence electrons. The first-order chi connectivity index (χ1) is 20.1. The van der Waals surface area contributed by atoms with Crippen LogP contribution < -0.4 is 27.0 Å². The number of likely N-dealkylation sites (N-methyl/N-ethyl adjacent to an activating group) is 1. The lowest BCUT2D eigenvalue weighted by Crippen LogP contribution is -2.58. The molecule has 2 aliphatic rings. The number of aliphatic imine (C=N–C) groups is 1. The van der Waals surface area contributed by atoms with Gasteiger partial charge in [0.1, 0.15) is 19.3 Å². The number of ether oxygens (including phenoxy) is 2. The number of carbonyl (C=O) groups excluding carboxylic acids is 5. The number of guanidine groups is 1. The lowest BCUT2D eigenvalue weighted by atomic mass is 10.1. The van der Waals surface area contributed by atoms with Gasteiger partial charge in [0.15, 0.2) is 0 Å². The van der Waals surface area contributed by atoms with Gasteiger partial charge in [-0.2, -0.15) is 0 Å².